The van der Waals surface area contributed by atoms with Gasteiger partial charge in [0.15, 0.2) is 0 Å². The lowest BCUT2D eigenvalue weighted by atomic mass is 10.0. The number of ether oxygens (including phenoxy) is 1. The van der Waals surface area contributed by atoms with Crippen LogP contribution in [0.2, 0.25) is 0 Å². The molecule has 0 aliphatic carbocycles. The number of hydrogen-bond acceptors (Lipinski definition) is 3. The van der Waals surface area contributed by atoms with Crippen LogP contribution >= 0.6 is 0 Å². The van der Waals surface area contributed by atoms with Gasteiger partial charge in [-0.3, -0.25) is 9.69 Å². The molecule has 0 radical (unpaired) electrons. The van der Waals surface area contributed by atoms with Gasteiger partial charge in [-0.1, -0.05) is 24.3 Å². The number of carbonyl (C=O) groups is 1. The molecule has 0 aromatic heterocycles. The standard InChI is InChI=1S/C19H21FN2O2/c1-21-10-11-22(13-18(21)16-8-3-4-9-17(16)20)19(23)14-6-5-7-15(12-14)24-2/h3-9,12,18H,10-11,13H2,1-2H3. The van der Waals surface area contributed by atoms with Crippen LogP contribution in [0.1, 0.15) is 22.0 Å². The lowest BCUT2D eigenvalue weighted by molar-refractivity contribution is 0.0540. The summed E-state index contributed by atoms with van der Waals surface area (Å²) in [6.07, 6.45) is 0. The van der Waals surface area contributed by atoms with Crippen molar-refractivity contribution >= 4 is 5.91 Å². The summed E-state index contributed by atoms with van der Waals surface area (Å²) in [6.45, 7) is 1.79. The molecule has 126 valence electrons. The van der Waals surface area contributed by atoms with Gasteiger partial charge in [0.1, 0.15) is 11.6 Å². The van der Waals surface area contributed by atoms with Crippen LogP contribution in [0.4, 0.5) is 4.39 Å². The van der Waals surface area contributed by atoms with Crippen LogP contribution in [-0.4, -0.2) is 49.5 Å². The minimum absolute atomic E-state index is 0.0525. The maximum Gasteiger partial charge on any atom is 0.254 e. The SMILES string of the molecule is COc1cccc(C(=O)N2CCN(C)C(c3ccccc3F)C2)c1. The first kappa shape index (κ1) is 16.5. The van der Waals surface area contributed by atoms with Crippen LogP contribution in [0.15, 0.2) is 48.5 Å². The van der Waals surface area contributed by atoms with Crippen LogP contribution in [0.25, 0.3) is 0 Å². The fourth-order valence-corrected chi connectivity index (χ4v) is 3.08. The topological polar surface area (TPSA) is 32.8 Å². The van der Waals surface area contributed by atoms with Gasteiger partial charge in [0.05, 0.1) is 13.2 Å². The average molecular weight is 328 g/mol. The van der Waals surface area contributed by atoms with E-state index in [1.807, 2.05) is 19.2 Å². The maximum absolute atomic E-state index is 14.2. The van der Waals surface area contributed by atoms with Gasteiger partial charge in [-0.15, -0.1) is 0 Å². The van der Waals surface area contributed by atoms with E-state index < -0.39 is 0 Å². The van der Waals surface area contributed by atoms with Crippen LogP contribution in [0.3, 0.4) is 0 Å². The predicted octanol–water partition coefficient (Wildman–Crippen LogP) is 2.96. The Morgan fingerprint density at radius 1 is 1.17 bits per heavy atom. The third kappa shape index (κ3) is 3.26. The number of amides is 1. The van der Waals surface area contributed by atoms with Crippen molar-refractivity contribution in [2.45, 2.75) is 6.04 Å². The van der Waals surface area contributed by atoms with Crippen molar-refractivity contribution in [2.24, 2.45) is 0 Å². The summed E-state index contributed by atoms with van der Waals surface area (Å²) in [6, 6.07) is 13.7. The first-order chi connectivity index (χ1) is 11.6. The zero-order valence-electron chi connectivity index (χ0n) is 13.9. The number of likely N-dealkylation sites (N-methyl/N-ethyl adjacent to an activating group) is 1. The predicted molar refractivity (Wildman–Crippen MR) is 90.7 cm³/mol. The molecular weight excluding hydrogens is 307 g/mol. The fraction of sp³-hybridized carbons (Fsp3) is 0.316. The average Bonchev–Trinajstić information content (AvgIpc) is 2.62. The van der Waals surface area contributed by atoms with Crippen LogP contribution < -0.4 is 4.74 Å². The van der Waals surface area contributed by atoms with Gasteiger partial charge in [-0.2, -0.15) is 0 Å². The Labute approximate surface area is 141 Å². The molecule has 24 heavy (non-hydrogen) atoms. The number of rotatable bonds is 3. The molecule has 5 heteroatoms. The second-order valence-corrected chi connectivity index (χ2v) is 6.00. The number of nitrogens with zero attached hydrogens (tertiary/aromatic N) is 2. The lowest BCUT2D eigenvalue weighted by Gasteiger charge is -2.39. The quantitative estimate of drug-likeness (QED) is 0.868. The Hall–Kier alpha value is -2.40. The minimum atomic E-state index is -0.231. The van der Waals surface area contributed by atoms with Crippen molar-refractivity contribution in [3.8, 4) is 5.75 Å². The van der Waals surface area contributed by atoms with Crippen LogP contribution in [0.5, 0.6) is 5.75 Å². The molecule has 1 heterocycles. The van der Waals surface area contributed by atoms with E-state index >= 15 is 0 Å². The van der Waals surface area contributed by atoms with Crippen molar-refractivity contribution in [3.63, 3.8) is 0 Å². The van der Waals surface area contributed by atoms with Gasteiger partial charge in [0.25, 0.3) is 5.91 Å². The monoisotopic (exact) mass is 328 g/mol. The number of halogens is 1. The summed E-state index contributed by atoms with van der Waals surface area (Å²) in [5, 5.41) is 0. The smallest absolute Gasteiger partial charge is 0.254 e. The number of methoxy groups -OCH3 is 1. The van der Waals surface area contributed by atoms with E-state index in [1.54, 1.807) is 42.3 Å². The van der Waals surface area contributed by atoms with Crippen molar-refractivity contribution in [1.29, 1.82) is 0 Å². The zero-order valence-corrected chi connectivity index (χ0v) is 13.9. The van der Waals surface area contributed by atoms with E-state index in [0.717, 1.165) is 0 Å². The Balaban J connectivity index is 1.82. The molecule has 1 saturated heterocycles. The maximum atomic E-state index is 14.2. The molecule has 0 saturated carbocycles. The molecule has 1 unspecified atom stereocenters. The Morgan fingerprint density at radius 3 is 2.71 bits per heavy atom. The summed E-state index contributed by atoms with van der Waals surface area (Å²) in [5.74, 6) is 0.369. The van der Waals surface area contributed by atoms with E-state index in [4.69, 9.17) is 4.74 Å². The van der Waals surface area contributed by atoms with Crippen molar-refractivity contribution < 1.29 is 13.9 Å². The number of piperazine rings is 1. The van der Waals surface area contributed by atoms with Gasteiger partial charge in [0, 0.05) is 30.8 Å². The number of benzene rings is 2. The second-order valence-electron chi connectivity index (χ2n) is 6.00. The van der Waals surface area contributed by atoms with E-state index in [1.165, 1.54) is 6.07 Å². The largest absolute Gasteiger partial charge is 0.497 e. The molecule has 1 aliphatic rings. The molecule has 1 fully saturated rings. The van der Waals surface area contributed by atoms with Crippen molar-refractivity contribution in [3.05, 3.63) is 65.5 Å². The molecule has 2 aromatic rings. The molecule has 0 spiro atoms. The lowest BCUT2D eigenvalue weighted by Crippen LogP contribution is -2.49. The van der Waals surface area contributed by atoms with Gasteiger partial charge in [0.2, 0.25) is 0 Å². The minimum Gasteiger partial charge on any atom is -0.497 e. The highest BCUT2D eigenvalue weighted by molar-refractivity contribution is 5.94. The van der Waals surface area contributed by atoms with Gasteiger partial charge in [-0.05, 0) is 31.3 Å². The molecular formula is C19H21FN2O2. The van der Waals surface area contributed by atoms with Gasteiger partial charge in [-0.25, -0.2) is 4.39 Å². The third-order valence-electron chi connectivity index (χ3n) is 4.52. The Kier molecular flexibility index (Phi) is 4.81. The molecule has 1 atom stereocenters. The molecule has 3 rings (SSSR count). The second kappa shape index (κ2) is 7.01. The summed E-state index contributed by atoms with van der Waals surface area (Å²) in [5.41, 5.74) is 1.22. The summed E-state index contributed by atoms with van der Waals surface area (Å²) < 4.78 is 19.3. The highest BCUT2D eigenvalue weighted by Gasteiger charge is 2.30. The highest BCUT2D eigenvalue weighted by atomic mass is 19.1. The molecule has 0 N–H and O–H groups in total. The van der Waals surface area contributed by atoms with Gasteiger partial charge < -0.3 is 9.64 Å². The van der Waals surface area contributed by atoms with E-state index in [-0.39, 0.29) is 17.8 Å². The summed E-state index contributed by atoms with van der Waals surface area (Å²) in [7, 11) is 3.54. The molecule has 2 aromatic carbocycles. The number of hydrogen-bond donors (Lipinski definition) is 0. The third-order valence-corrected chi connectivity index (χ3v) is 4.52. The zero-order chi connectivity index (χ0) is 17.1. The van der Waals surface area contributed by atoms with E-state index in [0.29, 0.717) is 36.5 Å². The van der Waals surface area contributed by atoms with Crippen LogP contribution in [-0.2, 0) is 0 Å². The van der Waals surface area contributed by atoms with Crippen molar-refractivity contribution in [1.82, 2.24) is 9.80 Å². The first-order valence-electron chi connectivity index (χ1n) is 7.98. The Bertz CT molecular complexity index is 735. The van der Waals surface area contributed by atoms with Gasteiger partial charge >= 0.3 is 0 Å². The molecule has 1 amide bonds. The fourth-order valence-electron chi connectivity index (χ4n) is 3.08. The highest BCUT2D eigenvalue weighted by Crippen LogP contribution is 2.27. The summed E-state index contributed by atoms with van der Waals surface area (Å²) >= 11 is 0. The molecule has 1 aliphatic heterocycles. The normalized spacial score (nSPS) is 18.5. The summed E-state index contributed by atoms with van der Waals surface area (Å²) in [4.78, 5) is 16.7. The Morgan fingerprint density at radius 2 is 1.96 bits per heavy atom. The van der Waals surface area contributed by atoms with Crippen molar-refractivity contribution in [2.75, 3.05) is 33.8 Å². The molecule has 4 nitrogen and oxygen atoms in total. The van der Waals surface area contributed by atoms with Crippen LogP contribution in [0, 0.1) is 5.82 Å². The van der Waals surface area contributed by atoms with E-state index in [9.17, 15) is 9.18 Å². The molecule has 0 bridgehead atoms. The van der Waals surface area contributed by atoms with E-state index in [2.05, 4.69) is 4.90 Å². The first-order valence-corrected chi connectivity index (χ1v) is 7.98. The number of carbonyl (C=O) groups excluding carboxylic acids is 1.